The fraction of sp³-hybridized carbons (Fsp3) is 0.273. The number of aromatic nitrogens is 1. The molecule has 2 heterocycles. The molecule has 0 saturated carbocycles. The fourth-order valence-electron chi connectivity index (χ4n) is 1.34. The first-order valence-corrected chi connectivity index (χ1v) is 5.81. The van der Waals surface area contributed by atoms with Gasteiger partial charge in [0.15, 0.2) is 0 Å². The molecule has 0 atom stereocenters. The van der Waals surface area contributed by atoms with E-state index in [0.29, 0.717) is 19.0 Å². The maximum atomic E-state index is 5.85. The molecule has 0 amide bonds. The zero-order valence-electron chi connectivity index (χ0n) is 9.01. The second kappa shape index (κ2) is 5.05. The lowest BCUT2D eigenvalue weighted by atomic mass is 10.2. The van der Waals surface area contributed by atoms with Gasteiger partial charge in [-0.3, -0.25) is 9.98 Å². The summed E-state index contributed by atoms with van der Waals surface area (Å²) >= 11 is 1.65. The molecule has 2 aromatic rings. The number of rotatable bonds is 4. The number of hydrogen-bond donors (Lipinski definition) is 1. The zero-order valence-corrected chi connectivity index (χ0v) is 9.83. The predicted octanol–water partition coefficient (Wildman–Crippen LogP) is 1.65. The van der Waals surface area contributed by atoms with E-state index in [4.69, 9.17) is 10.5 Å². The lowest BCUT2D eigenvalue weighted by molar-refractivity contribution is 0.208. The lowest BCUT2D eigenvalue weighted by Crippen LogP contribution is -2.15. The molecule has 0 saturated heterocycles. The van der Waals surface area contributed by atoms with Crippen LogP contribution in [0.15, 0.2) is 28.7 Å². The Labute approximate surface area is 97.8 Å². The quantitative estimate of drug-likeness (QED) is 0.498. The summed E-state index contributed by atoms with van der Waals surface area (Å²) in [6.45, 7) is 1.15. The molecular weight excluding hydrogens is 222 g/mol. The van der Waals surface area contributed by atoms with Crippen LogP contribution in [0.4, 0.5) is 0 Å². The molecule has 0 radical (unpaired) electrons. The van der Waals surface area contributed by atoms with Gasteiger partial charge in [-0.25, -0.2) is 0 Å². The van der Waals surface area contributed by atoms with Gasteiger partial charge in [-0.2, -0.15) is 0 Å². The Balaban J connectivity index is 2.21. The summed E-state index contributed by atoms with van der Waals surface area (Å²) in [4.78, 5) is 8.52. The molecule has 2 rings (SSSR count). The van der Waals surface area contributed by atoms with Crippen molar-refractivity contribution < 1.29 is 4.74 Å². The van der Waals surface area contributed by atoms with Crippen LogP contribution in [0.2, 0.25) is 0 Å². The minimum atomic E-state index is 0.514. The Bertz CT molecular complexity index is 507. The summed E-state index contributed by atoms with van der Waals surface area (Å²) < 4.78 is 6.04. The predicted molar refractivity (Wildman–Crippen MR) is 67.1 cm³/mol. The first-order valence-electron chi connectivity index (χ1n) is 4.94. The summed E-state index contributed by atoms with van der Waals surface area (Å²) in [5, 5.41) is 2.01. The van der Waals surface area contributed by atoms with Crippen LogP contribution in [0.3, 0.4) is 0 Å². The number of amidine groups is 1. The number of pyridine rings is 1. The molecule has 0 unspecified atom stereocenters. The molecule has 84 valence electrons. The standard InChI is InChI=1S/C11H13N3OS/c1-15-4-3-13-11(12)8-6-10-9(14-7-8)2-5-16-10/h2,5-7H,3-4H2,1H3,(H2,12,13). The van der Waals surface area contributed by atoms with Gasteiger partial charge in [0.2, 0.25) is 0 Å². The minimum Gasteiger partial charge on any atom is -0.383 e. The molecule has 5 heteroatoms. The van der Waals surface area contributed by atoms with Gasteiger partial charge in [-0.05, 0) is 17.5 Å². The van der Waals surface area contributed by atoms with E-state index in [-0.39, 0.29) is 0 Å². The number of ether oxygens (including phenoxy) is 1. The van der Waals surface area contributed by atoms with E-state index in [0.717, 1.165) is 15.8 Å². The smallest absolute Gasteiger partial charge is 0.127 e. The van der Waals surface area contributed by atoms with E-state index in [1.165, 1.54) is 0 Å². The lowest BCUT2D eigenvalue weighted by Gasteiger charge is -2.00. The van der Waals surface area contributed by atoms with Crippen molar-refractivity contribution in [3.8, 4) is 0 Å². The largest absolute Gasteiger partial charge is 0.383 e. The van der Waals surface area contributed by atoms with E-state index in [2.05, 4.69) is 9.98 Å². The van der Waals surface area contributed by atoms with Gasteiger partial charge in [-0.1, -0.05) is 0 Å². The monoisotopic (exact) mass is 235 g/mol. The van der Waals surface area contributed by atoms with Crippen LogP contribution in [0, 0.1) is 0 Å². The van der Waals surface area contributed by atoms with Gasteiger partial charge in [0, 0.05) is 18.9 Å². The highest BCUT2D eigenvalue weighted by atomic mass is 32.1. The number of hydrogen-bond acceptors (Lipinski definition) is 4. The summed E-state index contributed by atoms with van der Waals surface area (Å²) in [5.41, 5.74) is 7.72. The van der Waals surface area contributed by atoms with Crippen LogP contribution in [0.5, 0.6) is 0 Å². The third kappa shape index (κ3) is 2.37. The third-order valence-corrected chi connectivity index (χ3v) is 3.03. The van der Waals surface area contributed by atoms with Crippen molar-refractivity contribution >= 4 is 27.4 Å². The van der Waals surface area contributed by atoms with Crippen molar-refractivity contribution in [1.29, 1.82) is 0 Å². The maximum absolute atomic E-state index is 5.85. The normalized spacial score (nSPS) is 12.2. The summed E-state index contributed by atoms with van der Waals surface area (Å²) in [6.07, 6.45) is 1.75. The zero-order chi connectivity index (χ0) is 11.4. The molecule has 2 aromatic heterocycles. The van der Waals surface area contributed by atoms with Gasteiger partial charge in [-0.15, -0.1) is 11.3 Å². The Morgan fingerprint density at radius 1 is 1.62 bits per heavy atom. The Kier molecular flexibility index (Phi) is 3.48. The number of aliphatic imine (C=N–C) groups is 1. The van der Waals surface area contributed by atoms with E-state index >= 15 is 0 Å². The highest BCUT2D eigenvalue weighted by Crippen LogP contribution is 2.19. The van der Waals surface area contributed by atoms with Crippen molar-refractivity contribution in [3.63, 3.8) is 0 Å². The molecular formula is C11H13N3OS. The van der Waals surface area contributed by atoms with Gasteiger partial charge in [0.05, 0.1) is 23.4 Å². The first-order chi connectivity index (χ1) is 7.81. The molecule has 2 N–H and O–H groups in total. The molecule has 0 spiro atoms. The third-order valence-electron chi connectivity index (χ3n) is 2.18. The summed E-state index contributed by atoms with van der Waals surface area (Å²) in [5.74, 6) is 0.514. The van der Waals surface area contributed by atoms with Gasteiger partial charge >= 0.3 is 0 Å². The minimum absolute atomic E-state index is 0.514. The Hall–Kier alpha value is -1.46. The molecule has 0 fully saturated rings. The maximum Gasteiger partial charge on any atom is 0.127 e. The van der Waals surface area contributed by atoms with Gasteiger partial charge in [0.1, 0.15) is 5.84 Å². The second-order valence-electron chi connectivity index (χ2n) is 3.29. The average molecular weight is 235 g/mol. The van der Waals surface area contributed by atoms with Crippen LogP contribution in [0.1, 0.15) is 5.56 Å². The number of thiophene rings is 1. The SMILES string of the molecule is COCCN=C(N)c1cnc2ccsc2c1. The number of methoxy groups -OCH3 is 1. The molecule has 0 aliphatic rings. The molecule has 4 nitrogen and oxygen atoms in total. The Morgan fingerprint density at radius 2 is 2.50 bits per heavy atom. The molecule has 0 aliphatic carbocycles. The summed E-state index contributed by atoms with van der Waals surface area (Å²) in [6, 6.07) is 4.00. The summed E-state index contributed by atoms with van der Waals surface area (Å²) in [7, 11) is 1.64. The van der Waals surface area contributed by atoms with Crippen molar-refractivity contribution in [2.75, 3.05) is 20.3 Å². The van der Waals surface area contributed by atoms with E-state index in [9.17, 15) is 0 Å². The molecule has 0 aromatic carbocycles. The van der Waals surface area contributed by atoms with Gasteiger partial charge < -0.3 is 10.5 Å². The number of nitrogens with zero attached hydrogens (tertiary/aromatic N) is 2. The highest BCUT2D eigenvalue weighted by Gasteiger charge is 2.02. The van der Waals surface area contributed by atoms with Gasteiger partial charge in [0.25, 0.3) is 0 Å². The van der Waals surface area contributed by atoms with Crippen LogP contribution >= 0.6 is 11.3 Å². The second-order valence-corrected chi connectivity index (χ2v) is 4.24. The number of fused-ring (bicyclic) bond motifs is 1. The van der Waals surface area contributed by atoms with E-state index in [1.807, 2.05) is 17.5 Å². The van der Waals surface area contributed by atoms with E-state index in [1.54, 1.807) is 24.6 Å². The number of nitrogens with two attached hydrogens (primary N) is 1. The van der Waals surface area contributed by atoms with E-state index < -0.39 is 0 Å². The first kappa shape index (κ1) is 11.0. The molecule has 16 heavy (non-hydrogen) atoms. The molecule has 0 bridgehead atoms. The van der Waals surface area contributed by atoms with Crippen molar-refractivity contribution in [2.45, 2.75) is 0 Å². The topological polar surface area (TPSA) is 60.5 Å². The molecule has 0 aliphatic heterocycles. The van der Waals surface area contributed by atoms with Crippen LogP contribution in [-0.2, 0) is 4.74 Å². The van der Waals surface area contributed by atoms with Crippen LogP contribution in [-0.4, -0.2) is 31.1 Å². The van der Waals surface area contributed by atoms with Crippen molar-refractivity contribution in [2.24, 2.45) is 10.7 Å². The van der Waals surface area contributed by atoms with Crippen LogP contribution in [0.25, 0.3) is 10.2 Å². The van der Waals surface area contributed by atoms with Crippen molar-refractivity contribution in [1.82, 2.24) is 4.98 Å². The average Bonchev–Trinajstić information content (AvgIpc) is 2.76. The Morgan fingerprint density at radius 3 is 3.31 bits per heavy atom. The van der Waals surface area contributed by atoms with Crippen LogP contribution < -0.4 is 5.73 Å². The fourth-order valence-corrected chi connectivity index (χ4v) is 2.12. The highest BCUT2D eigenvalue weighted by molar-refractivity contribution is 7.17. The van der Waals surface area contributed by atoms with Crippen molar-refractivity contribution in [3.05, 3.63) is 29.3 Å².